The zero-order valence-electron chi connectivity index (χ0n) is 11.1. The van der Waals surface area contributed by atoms with Crippen LogP contribution in [0.4, 0.5) is 0 Å². The van der Waals surface area contributed by atoms with Gasteiger partial charge in [0, 0.05) is 20.5 Å². The maximum Gasteiger partial charge on any atom is 0.222 e. The molecular weight excluding hydrogens is 230 g/mol. The van der Waals surface area contributed by atoms with Crippen molar-refractivity contribution in [1.29, 1.82) is 0 Å². The van der Waals surface area contributed by atoms with Crippen molar-refractivity contribution in [3.05, 3.63) is 29.3 Å². The van der Waals surface area contributed by atoms with E-state index in [4.69, 9.17) is 4.74 Å². The Morgan fingerprint density at radius 2 is 2.11 bits per heavy atom. The van der Waals surface area contributed by atoms with Gasteiger partial charge in [-0.25, -0.2) is 0 Å². The number of carbonyl (C=O) groups is 2. The topological polar surface area (TPSA) is 46.6 Å². The Bertz CT molecular complexity index is 427. The highest BCUT2D eigenvalue weighted by atomic mass is 16.5. The van der Waals surface area contributed by atoms with Crippen molar-refractivity contribution >= 4 is 12.2 Å². The van der Waals surface area contributed by atoms with Crippen LogP contribution in [0.3, 0.4) is 0 Å². The Balaban J connectivity index is 2.49. The molecule has 0 saturated heterocycles. The highest BCUT2D eigenvalue weighted by molar-refractivity contribution is 5.80. The van der Waals surface area contributed by atoms with Crippen molar-refractivity contribution in [2.45, 2.75) is 19.8 Å². The van der Waals surface area contributed by atoms with Crippen molar-refractivity contribution in [2.75, 3.05) is 20.7 Å². The largest absolute Gasteiger partial charge is 0.493 e. The molecule has 0 unspecified atom stereocenters. The number of aryl methyl sites for hydroxylation is 1. The normalized spacial score (nSPS) is 9.94. The second kappa shape index (κ2) is 6.79. The smallest absolute Gasteiger partial charge is 0.222 e. The zero-order chi connectivity index (χ0) is 13.5. The van der Waals surface area contributed by atoms with Crippen molar-refractivity contribution < 1.29 is 14.3 Å². The molecule has 1 aromatic carbocycles. The number of ether oxygens (including phenoxy) is 1. The number of rotatable bonds is 6. The van der Waals surface area contributed by atoms with E-state index in [1.54, 1.807) is 25.1 Å². The molecule has 0 aromatic heterocycles. The summed E-state index contributed by atoms with van der Waals surface area (Å²) in [7, 11) is 3.46. The number of carbonyl (C=O) groups excluding carboxylic acids is 2. The van der Waals surface area contributed by atoms with Crippen LogP contribution in [-0.4, -0.2) is 37.8 Å². The Hall–Kier alpha value is -1.84. The molecule has 4 nitrogen and oxygen atoms in total. The van der Waals surface area contributed by atoms with E-state index in [1.807, 2.05) is 19.1 Å². The summed E-state index contributed by atoms with van der Waals surface area (Å²) in [5, 5.41) is 0. The fourth-order valence-electron chi connectivity index (χ4n) is 1.59. The lowest BCUT2D eigenvalue weighted by Gasteiger charge is -2.12. The minimum Gasteiger partial charge on any atom is -0.493 e. The molecule has 0 fully saturated rings. The molecule has 4 heteroatoms. The lowest BCUT2D eigenvalue weighted by molar-refractivity contribution is -0.128. The van der Waals surface area contributed by atoms with Gasteiger partial charge >= 0.3 is 0 Å². The fourth-order valence-corrected chi connectivity index (χ4v) is 1.59. The standard InChI is InChI=1S/C14H19NO3/c1-11-6-4-7-12(10-16)14(11)18-9-5-8-13(17)15(2)3/h4,6-7,10H,5,8-9H2,1-3H3. The van der Waals surface area contributed by atoms with Crippen LogP contribution >= 0.6 is 0 Å². The van der Waals surface area contributed by atoms with Crippen LogP contribution in [-0.2, 0) is 4.79 Å². The SMILES string of the molecule is Cc1cccc(C=O)c1OCCCC(=O)N(C)C. The Morgan fingerprint density at radius 3 is 2.72 bits per heavy atom. The molecule has 1 amide bonds. The molecule has 0 saturated carbocycles. The van der Waals surface area contributed by atoms with Crippen molar-refractivity contribution in [3.8, 4) is 5.75 Å². The number of benzene rings is 1. The van der Waals surface area contributed by atoms with Gasteiger partial charge in [-0.1, -0.05) is 12.1 Å². The van der Waals surface area contributed by atoms with Gasteiger partial charge in [0.15, 0.2) is 6.29 Å². The Kier molecular flexibility index (Phi) is 5.36. The predicted molar refractivity (Wildman–Crippen MR) is 70.0 cm³/mol. The van der Waals surface area contributed by atoms with Crippen LogP contribution in [0.15, 0.2) is 18.2 Å². The molecule has 1 rings (SSSR count). The summed E-state index contributed by atoms with van der Waals surface area (Å²) in [5.41, 5.74) is 1.48. The average molecular weight is 249 g/mol. The van der Waals surface area contributed by atoms with Gasteiger partial charge in [-0.2, -0.15) is 0 Å². The average Bonchev–Trinajstić information content (AvgIpc) is 2.35. The molecule has 18 heavy (non-hydrogen) atoms. The van der Waals surface area contributed by atoms with E-state index < -0.39 is 0 Å². The molecule has 0 heterocycles. The van der Waals surface area contributed by atoms with Gasteiger partial charge in [-0.15, -0.1) is 0 Å². The van der Waals surface area contributed by atoms with E-state index in [9.17, 15) is 9.59 Å². The van der Waals surface area contributed by atoms with Gasteiger partial charge in [0.25, 0.3) is 0 Å². The van der Waals surface area contributed by atoms with E-state index in [2.05, 4.69) is 0 Å². The highest BCUT2D eigenvalue weighted by Gasteiger charge is 2.07. The first-order valence-corrected chi connectivity index (χ1v) is 5.94. The second-order valence-corrected chi connectivity index (χ2v) is 4.35. The van der Waals surface area contributed by atoms with E-state index in [1.165, 1.54) is 0 Å². The summed E-state index contributed by atoms with van der Waals surface area (Å²) < 4.78 is 5.59. The molecule has 98 valence electrons. The van der Waals surface area contributed by atoms with E-state index in [0.717, 1.165) is 11.8 Å². The van der Waals surface area contributed by atoms with Crippen LogP contribution < -0.4 is 4.74 Å². The maximum absolute atomic E-state index is 11.4. The van der Waals surface area contributed by atoms with Gasteiger partial charge in [0.2, 0.25) is 5.91 Å². The second-order valence-electron chi connectivity index (χ2n) is 4.35. The zero-order valence-corrected chi connectivity index (χ0v) is 11.1. The molecular formula is C14H19NO3. The summed E-state index contributed by atoms with van der Waals surface area (Å²) in [4.78, 5) is 23.8. The van der Waals surface area contributed by atoms with Gasteiger partial charge in [0.05, 0.1) is 12.2 Å². The van der Waals surface area contributed by atoms with Crippen LogP contribution in [0.5, 0.6) is 5.75 Å². The first kappa shape index (κ1) is 14.2. The van der Waals surface area contributed by atoms with Gasteiger partial charge in [0.1, 0.15) is 5.75 Å². The monoisotopic (exact) mass is 249 g/mol. The first-order valence-electron chi connectivity index (χ1n) is 5.94. The third kappa shape index (κ3) is 3.87. The number of amides is 1. The minimum absolute atomic E-state index is 0.0824. The van der Waals surface area contributed by atoms with E-state index >= 15 is 0 Å². The van der Waals surface area contributed by atoms with Crippen molar-refractivity contribution in [2.24, 2.45) is 0 Å². The van der Waals surface area contributed by atoms with E-state index in [0.29, 0.717) is 30.8 Å². The van der Waals surface area contributed by atoms with E-state index in [-0.39, 0.29) is 5.91 Å². The number of hydrogen-bond donors (Lipinski definition) is 0. The van der Waals surface area contributed by atoms with Gasteiger partial charge in [-0.05, 0) is 25.0 Å². The fraction of sp³-hybridized carbons (Fsp3) is 0.429. The predicted octanol–water partition coefficient (Wildman–Crippen LogP) is 2.05. The number of para-hydroxylation sites is 1. The third-order valence-corrected chi connectivity index (χ3v) is 2.65. The lowest BCUT2D eigenvalue weighted by atomic mass is 10.1. The van der Waals surface area contributed by atoms with Gasteiger partial charge in [-0.3, -0.25) is 9.59 Å². The molecule has 0 N–H and O–H groups in total. The Labute approximate surface area is 108 Å². The lowest BCUT2D eigenvalue weighted by Crippen LogP contribution is -2.21. The van der Waals surface area contributed by atoms with Crippen LogP contribution in [0.1, 0.15) is 28.8 Å². The number of aldehydes is 1. The van der Waals surface area contributed by atoms with Crippen LogP contribution in [0.2, 0.25) is 0 Å². The highest BCUT2D eigenvalue weighted by Crippen LogP contribution is 2.22. The molecule has 0 spiro atoms. The molecule has 0 bridgehead atoms. The summed E-state index contributed by atoms with van der Waals surface area (Å²) >= 11 is 0. The molecule has 0 atom stereocenters. The molecule has 1 aromatic rings. The van der Waals surface area contributed by atoms with Crippen LogP contribution in [0.25, 0.3) is 0 Å². The summed E-state index contributed by atoms with van der Waals surface area (Å²) in [6, 6.07) is 5.44. The summed E-state index contributed by atoms with van der Waals surface area (Å²) in [5.74, 6) is 0.698. The molecule has 0 aliphatic carbocycles. The number of hydrogen-bond acceptors (Lipinski definition) is 3. The Morgan fingerprint density at radius 1 is 1.39 bits per heavy atom. The third-order valence-electron chi connectivity index (χ3n) is 2.65. The van der Waals surface area contributed by atoms with Crippen molar-refractivity contribution in [1.82, 2.24) is 4.90 Å². The molecule has 0 radical (unpaired) electrons. The van der Waals surface area contributed by atoms with Crippen LogP contribution in [0, 0.1) is 6.92 Å². The number of nitrogens with zero attached hydrogens (tertiary/aromatic N) is 1. The quantitative estimate of drug-likeness (QED) is 0.572. The maximum atomic E-state index is 11.4. The van der Waals surface area contributed by atoms with Gasteiger partial charge < -0.3 is 9.64 Å². The minimum atomic E-state index is 0.0824. The first-order chi connectivity index (χ1) is 8.56. The van der Waals surface area contributed by atoms with Crippen molar-refractivity contribution in [3.63, 3.8) is 0 Å². The molecule has 0 aliphatic rings. The summed E-state index contributed by atoms with van der Waals surface area (Å²) in [6.07, 6.45) is 1.88. The summed E-state index contributed by atoms with van der Waals surface area (Å²) in [6.45, 7) is 2.33. The molecule has 0 aliphatic heterocycles.